The fourth-order valence-corrected chi connectivity index (χ4v) is 4.86. The lowest BCUT2D eigenvalue weighted by Gasteiger charge is -2.26. The largest absolute Gasteiger partial charge is 0.495 e. The van der Waals surface area contributed by atoms with Gasteiger partial charge in [0, 0.05) is 44.1 Å². The summed E-state index contributed by atoms with van der Waals surface area (Å²) in [6.07, 6.45) is 8.72. The molecular weight excluding hydrogens is 602 g/mol. The maximum Gasteiger partial charge on any atom is 0.347 e. The third-order valence-electron chi connectivity index (χ3n) is 7.10. The lowest BCUT2D eigenvalue weighted by molar-refractivity contribution is -0.174. The maximum atomic E-state index is 13.3. The van der Waals surface area contributed by atoms with Gasteiger partial charge in [0.15, 0.2) is 6.10 Å². The first kappa shape index (κ1) is 35.3. The van der Waals surface area contributed by atoms with E-state index in [9.17, 15) is 19.2 Å². The highest BCUT2D eigenvalue weighted by molar-refractivity contribution is 6.32. The highest BCUT2D eigenvalue weighted by Crippen LogP contribution is 2.25. The van der Waals surface area contributed by atoms with Crippen molar-refractivity contribution in [2.75, 3.05) is 13.7 Å². The first-order valence-corrected chi connectivity index (χ1v) is 15.1. The summed E-state index contributed by atoms with van der Waals surface area (Å²) in [6, 6.07) is 2.75. The molecule has 0 unspecified atom stereocenters. The van der Waals surface area contributed by atoms with Crippen LogP contribution in [0.5, 0.6) is 5.75 Å². The zero-order chi connectivity index (χ0) is 33.1. The van der Waals surface area contributed by atoms with Gasteiger partial charge in [-0.3, -0.25) is 19.1 Å². The van der Waals surface area contributed by atoms with Crippen molar-refractivity contribution in [2.24, 2.45) is 24.6 Å². The number of esters is 2. The normalized spacial score (nSPS) is 23.6. The number of hydrogen-bond donors (Lipinski definition) is 3. The van der Waals surface area contributed by atoms with E-state index < -0.39 is 48.0 Å². The summed E-state index contributed by atoms with van der Waals surface area (Å²) in [4.78, 5) is 52.4. The predicted molar refractivity (Wildman–Crippen MR) is 169 cm³/mol. The van der Waals surface area contributed by atoms with E-state index in [-0.39, 0.29) is 37.6 Å². The number of benzene rings is 1. The van der Waals surface area contributed by atoms with Crippen LogP contribution in [0.2, 0.25) is 5.02 Å². The van der Waals surface area contributed by atoms with Crippen LogP contribution in [0.25, 0.3) is 6.08 Å². The number of carbonyl (C=O) groups excluding carboxylic acids is 4. The standard InChI is InChI=1S/C32H42ClN5O7/c1-19(2)13-28-32(42)44-26(20(3)9-10-22-16-36-38(4)18-22)7-6-8-29(39)37-25(30(40)35-17-24(34)31(41)45-28)15-21-11-12-27(43-5)23(33)14-21/h6,8-12,14,16,18-20,24-26,28H,7,13,15,17,34H2,1-5H3,(H,35,40)(H,37,39)/b8-6+,10-9+/t20-,24-,25-,26+,28+/m1/s1. The quantitative estimate of drug-likeness (QED) is 0.367. The van der Waals surface area contributed by atoms with Crippen molar-refractivity contribution in [3.05, 3.63) is 65.0 Å². The molecule has 45 heavy (non-hydrogen) atoms. The Hall–Kier alpha value is -4.16. The Kier molecular flexibility index (Phi) is 13.2. The number of ether oxygens (including phenoxy) is 3. The van der Waals surface area contributed by atoms with Crippen LogP contribution in [0, 0.1) is 11.8 Å². The van der Waals surface area contributed by atoms with E-state index in [1.807, 2.05) is 46.2 Å². The van der Waals surface area contributed by atoms with Gasteiger partial charge in [-0.2, -0.15) is 5.10 Å². The summed E-state index contributed by atoms with van der Waals surface area (Å²) in [6.45, 7) is 5.35. The lowest BCUT2D eigenvalue weighted by atomic mass is 9.99. The Morgan fingerprint density at radius 3 is 2.58 bits per heavy atom. The minimum atomic E-state index is -1.27. The second kappa shape index (κ2) is 16.8. The number of rotatable bonds is 8. The summed E-state index contributed by atoms with van der Waals surface area (Å²) in [5.41, 5.74) is 7.58. The van der Waals surface area contributed by atoms with E-state index in [1.165, 1.54) is 13.2 Å². The van der Waals surface area contributed by atoms with Gasteiger partial charge in [-0.05, 0) is 36.1 Å². The highest BCUT2D eigenvalue weighted by atomic mass is 35.5. The van der Waals surface area contributed by atoms with Crippen molar-refractivity contribution in [1.82, 2.24) is 20.4 Å². The number of amides is 2. The van der Waals surface area contributed by atoms with E-state index in [0.29, 0.717) is 16.3 Å². The van der Waals surface area contributed by atoms with Gasteiger partial charge < -0.3 is 30.6 Å². The molecule has 0 saturated carbocycles. The number of cyclic esters (lactones) is 2. The zero-order valence-corrected chi connectivity index (χ0v) is 27.0. The van der Waals surface area contributed by atoms with E-state index in [0.717, 1.165) is 5.56 Å². The van der Waals surface area contributed by atoms with Gasteiger partial charge in [-0.25, -0.2) is 4.79 Å². The summed E-state index contributed by atoms with van der Waals surface area (Å²) in [5.74, 6) is -2.52. The average molecular weight is 644 g/mol. The average Bonchev–Trinajstić information content (AvgIpc) is 3.41. The van der Waals surface area contributed by atoms with E-state index in [4.69, 9.17) is 31.5 Å². The molecule has 1 aliphatic heterocycles. The van der Waals surface area contributed by atoms with Crippen LogP contribution in [0.4, 0.5) is 0 Å². The maximum absolute atomic E-state index is 13.3. The van der Waals surface area contributed by atoms with Crippen LogP contribution in [0.3, 0.4) is 0 Å². The Labute approximate surface area is 268 Å². The van der Waals surface area contributed by atoms with Crippen molar-refractivity contribution in [2.45, 2.75) is 64.3 Å². The SMILES string of the molecule is COc1ccc(C[C@H]2NC(=O)/C=C/C[C@@H]([C@H](C)/C=C/c3cnn(C)c3)OC(=O)[C@H](CC(C)C)OC(=O)[C@H](N)CNC2=O)cc1Cl. The molecule has 2 heterocycles. The van der Waals surface area contributed by atoms with Gasteiger partial charge in [0.05, 0.1) is 18.3 Å². The molecule has 0 bridgehead atoms. The zero-order valence-electron chi connectivity index (χ0n) is 26.2. The number of nitrogens with one attached hydrogen (secondary N) is 2. The molecule has 0 saturated heterocycles. The second-order valence-corrected chi connectivity index (χ2v) is 11.8. The van der Waals surface area contributed by atoms with Crippen molar-refractivity contribution in [3.63, 3.8) is 0 Å². The Bertz CT molecular complexity index is 1410. The number of aryl methyl sites for hydroxylation is 1. The second-order valence-electron chi connectivity index (χ2n) is 11.4. The van der Waals surface area contributed by atoms with E-state index in [2.05, 4.69) is 15.7 Å². The van der Waals surface area contributed by atoms with Crippen LogP contribution in [0.15, 0.2) is 48.8 Å². The Balaban J connectivity index is 1.89. The number of aromatic nitrogens is 2. The predicted octanol–water partition coefficient (Wildman–Crippen LogP) is 2.73. The molecule has 0 radical (unpaired) electrons. The third-order valence-corrected chi connectivity index (χ3v) is 7.40. The van der Waals surface area contributed by atoms with Crippen LogP contribution in [-0.2, 0) is 42.1 Å². The number of nitrogens with zero attached hydrogens (tertiary/aromatic N) is 2. The summed E-state index contributed by atoms with van der Waals surface area (Å²) < 4.78 is 18.3. The minimum absolute atomic E-state index is 0.00553. The van der Waals surface area contributed by atoms with Gasteiger partial charge in [0.1, 0.15) is 23.9 Å². The number of nitrogens with two attached hydrogens (primary N) is 1. The molecule has 1 aliphatic rings. The number of hydrogen-bond acceptors (Lipinski definition) is 9. The monoisotopic (exact) mass is 643 g/mol. The van der Waals surface area contributed by atoms with E-state index >= 15 is 0 Å². The van der Waals surface area contributed by atoms with Gasteiger partial charge in [0.2, 0.25) is 11.8 Å². The molecule has 0 fully saturated rings. The first-order valence-electron chi connectivity index (χ1n) is 14.8. The Morgan fingerprint density at radius 2 is 1.93 bits per heavy atom. The molecule has 2 amide bonds. The van der Waals surface area contributed by atoms with E-state index in [1.54, 1.807) is 35.2 Å². The topological polar surface area (TPSA) is 164 Å². The fraction of sp³-hybridized carbons (Fsp3) is 0.469. The smallest absolute Gasteiger partial charge is 0.347 e. The lowest BCUT2D eigenvalue weighted by Crippen LogP contribution is -2.52. The number of methoxy groups -OCH3 is 1. The molecule has 0 spiro atoms. The van der Waals surface area contributed by atoms with Crippen LogP contribution >= 0.6 is 11.6 Å². The number of carbonyl (C=O) groups is 4. The molecular formula is C32H42ClN5O7. The van der Waals surface area contributed by atoms with Gasteiger partial charge in [-0.1, -0.05) is 56.7 Å². The molecule has 13 heteroatoms. The van der Waals surface area contributed by atoms with Crippen LogP contribution in [0.1, 0.15) is 44.7 Å². The highest BCUT2D eigenvalue weighted by Gasteiger charge is 2.32. The molecule has 12 nitrogen and oxygen atoms in total. The van der Waals surface area contributed by atoms with Crippen LogP contribution in [-0.4, -0.2) is 71.5 Å². The molecule has 0 aliphatic carbocycles. The van der Waals surface area contributed by atoms with Crippen LogP contribution < -0.4 is 21.1 Å². The van der Waals surface area contributed by atoms with Gasteiger partial charge in [0.25, 0.3) is 0 Å². The molecule has 2 aromatic rings. The summed E-state index contributed by atoms with van der Waals surface area (Å²) in [5, 5.41) is 9.80. The summed E-state index contributed by atoms with van der Waals surface area (Å²) >= 11 is 6.27. The summed E-state index contributed by atoms with van der Waals surface area (Å²) in [7, 11) is 3.30. The van der Waals surface area contributed by atoms with Gasteiger partial charge >= 0.3 is 11.9 Å². The van der Waals surface area contributed by atoms with Gasteiger partial charge in [-0.15, -0.1) is 0 Å². The molecule has 1 aromatic heterocycles. The number of halogens is 1. The minimum Gasteiger partial charge on any atom is -0.495 e. The van der Waals surface area contributed by atoms with Crippen molar-refractivity contribution in [1.29, 1.82) is 0 Å². The van der Waals surface area contributed by atoms with Crippen molar-refractivity contribution < 1.29 is 33.4 Å². The van der Waals surface area contributed by atoms with Crippen molar-refractivity contribution >= 4 is 41.4 Å². The first-order chi connectivity index (χ1) is 21.4. The molecule has 4 N–H and O–H groups in total. The molecule has 3 rings (SSSR count). The third kappa shape index (κ3) is 11.1. The molecule has 1 aromatic carbocycles. The molecule has 244 valence electrons. The fourth-order valence-electron chi connectivity index (χ4n) is 4.58. The van der Waals surface area contributed by atoms with Crippen molar-refractivity contribution in [3.8, 4) is 5.75 Å². The Morgan fingerprint density at radius 1 is 1.18 bits per heavy atom. The molecule has 5 atom stereocenters.